The van der Waals surface area contributed by atoms with Crippen LogP contribution in [0.25, 0.3) is 23.1 Å². The van der Waals surface area contributed by atoms with E-state index in [9.17, 15) is 9.90 Å². The summed E-state index contributed by atoms with van der Waals surface area (Å²) >= 11 is 0. The van der Waals surface area contributed by atoms with E-state index in [1.54, 1.807) is 25.3 Å². The summed E-state index contributed by atoms with van der Waals surface area (Å²) in [5.74, 6) is -0.242. The highest BCUT2D eigenvalue weighted by molar-refractivity contribution is 6.00. The van der Waals surface area contributed by atoms with Crippen LogP contribution >= 0.6 is 0 Å². The molecule has 7 nitrogen and oxygen atoms in total. The first-order chi connectivity index (χ1) is 15.1. The van der Waals surface area contributed by atoms with Gasteiger partial charge >= 0.3 is 0 Å². The number of carbonyl (C=O) groups is 1. The van der Waals surface area contributed by atoms with Crippen LogP contribution < -0.4 is 10.6 Å². The number of aliphatic hydroxyl groups is 1. The first kappa shape index (κ1) is 20.3. The van der Waals surface area contributed by atoms with E-state index >= 15 is 0 Å². The van der Waals surface area contributed by atoms with Crippen LogP contribution in [0.1, 0.15) is 28.7 Å². The van der Waals surface area contributed by atoms with Gasteiger partial charge in [0.05, 0.1) is 34.3 Å². The zero-order chi connectivity index (χ0) is 21.6. The van der Waals surface area contributed by atoms with Gasteiger partial charge in [-0.2, -0.15) is 5.10 Å². The molecule has 0 spiro atoms. The van der Waals surface area contributed by atoms with Crippen molar-refractivity contribution in [2.75, 3.05) is 11.9 Å². The number of hydrogen-bond acceptors (Lipinski definition) is 5. The van der Waals surface area contributed by atoms with Crippen molar-refractivity contribution in [1.29, 1.82) is 0 Å². The van der Waals surface area contributed by atoms with Crippen LogP contribution in [0.5, 0.6) is 0 Å². The summed E-state index contributed by atoms with van der Waals surface area (Å²) in [6, 6.07) is 18.9. The molecule has 0 aliphatic carbocycles. The summed E-state index contributed by atoms with van der Waals surface area (Å²) < 4.78 is 0. The van der Waals surface area contributed by atoms with Crippen molar-refractivity contribution in [3.63, 3.8) is 0 Å². The lowest BCUT2D eigenvalue weighted by atomic mass is 10.1. The Morgan fingerprint density at radius 1 is 1.13 bits per heavy atom. The van der Waals surface area contributed by atoms with Crippen molar-refractivity contribution in [1.82, 2.24) is 20.5 Å². The molecule has 1 amide bonds. The smallest absolute Gasteiger partial charge is 0.253 e. The predicted octanol–water partition coefficient (Wildman–Crippen LogP) is 3.98. The second kappa shape index (κ2) is 9.23. The zero-order valence-corrected chi connectivity index (χ0v) is 17.0. The van der Waals surface area contributed by atoms with E-state index in [2.05, 4.69) is 25.8 Å². The van der Waals surface area contributed by atoms with Crippen LogP contribution in [0, 0.1) is 0 Å². The molecule has 0 radical (unpaired) electrons. The highest BCUT2D eigenvalue weighted by Gasteiger charge is 2.12. The molecule has 0 aliphatic heterocycles. The number of nitrogens with one attached hydrogen (secondary N) is 3. The topological polar surface area (TPSA) is 103 Å². The summed E-state index contributed by atoms with van der Waals surface area (Å²) in [4.78, 5) is 16.8. The fourth-order valence-electron chi connectivity index (χ4n) is 3.17. The number of rotatable bonds is 7. The molecular formula is C24H23N5O2. The summed E-state index contributed by atoms with van der Waals surface area (Å²) in [6.07, 6.45) is 5.00. The van der Waals surface area contributed by atoms with Crippen molar-refractivity contribution in [2.45, 2.75) is 13.0 Å². The van der Waals surface area contributed by atoms with Crippen LogP contribution in [-0.4, -0.2) is 38.8 Å². The standard InChI is InChI=1S/C24H23N5O2/c1-16(30)15-26-24(31)20-7-2-3-8-21(20)27-18-9-11-19-22(28-29-23(19)14-18)12-10-17-6-4-5-13-25-17/h2-14,16,27,30H,15H2,1H3,(H,26,31)(H,28,29)/b12-10+. The van der Waals surface area contributed by atoms with Crippen molar-refractivity contribution < 1.29 is 9.90 Å². The number of H-pyrrole nitrogens is 1. The fourth-order valence-corrected chi connectivity index (χ4v) is 3.17. The van der Waals surface area contributed by atoms with Crippen LogP contribution in [0.3, 0.4) is 0 Å². The molecule has 4 N–H and O–H groups in total. The number of aromatic amines is 1. The normalized spacial score (nSPS) is 12.2. The Kier molecular flexibility index (Phi) is 6.05. The van der Waals surface area contributed by atoms with Crippen molar-refractivity contribution in [3.05, 3.63) is 83.8 Å². The van der Waals surface area contributed by atoms with Gasteiger partial charge in [-0.1, -0.05) is 18.2 Å². The molecule has 2 aromatic carbocycles. The number of aliphatic hydroxyl groups excluding tert-OH is 1. The Morgan fingerprint density at radius 3 is 2.77 bits per heavy atom. The third-order valence-electron chi connectivity index (χ3n) is 4.70. The van der Waals surface area contributed by atoms with E-state index in [1.165, 1.54) is 0 Å². The third kappa shape index (κ3) is 4.96. The second-order valence-corrected chi connectivity index (χ2v) is 7.19. The maximum atomic E-state index is 12.5. The molecule has 156 valence electrons. The second-order valence-electron chi connectivity index (χ2n) is 7.19. The number of benzene rings is 2. The average Bonchev–Trinajstić information content (AvgIpc) is 3.19. The van der Waals surface area contributed by atoms with Crippen molar-refractivity contribution in [3.8, 4) is 0 Å². The van der Waals surface area contributed by atoms with Crippen LogP contribution in [-0.2, 0) is 0 Å². The van der Waals surface area contributed by atoms with E-state index in [4.69, 9.17) is 0 Å². The van der Waals surface area contributed by atoms with Gasteiger partial charge in [-0.25, -0.2) is 0 Å². The Bertz CT molecular complexity index is 1220. The monoisotopic (exact) mass is 413 g/mol. The first-order valence-corrected chi connectivity index (χ1v) is 10.00. The molecule has 0 fully saturated rings. The Morgan fingerprint density at radius 2 is 1.97 bits per heavy atom. The number of pyridine rings is 1. The number of aromatic nitrogens is 3. The maximum absolute atomic E-state index is 12.5. The van der Waals surface area contributed by atoms with Gasteiger partial charge in [0, 0.05) is 23.8 Å². The SMILES string of the molecule is CC(O)CNC(=O)c1ccccc1Nc1ccc2c(/C=C/c3ccccn3)n[nH]c2c1. The molecule has 0 bridgehead atoms. The van der Waals surface area contributed by atoms with Crippen molar-refractivity contribution >= 4 is 40.3 Å². The molecule has 7 heteroatoms. The minimum Gasteiger partial charge on any atom is -0.392 e. The number of fused-ring (bicyclic) bond motifs is 1. The number of hydrogen-bond donors (Lipinski definition) is 4. The average molecular weight is 413 g/mol. The summed E-state index contributed by atoms with van der Waals surface area (Å²) in [7, 11) is 0. The van der Waals surface area contributed by atoms with Gasteiger partial charge in [0.2, 0.25) is 0 Å². The zero-order valence-electron chi connectivity index (χ0n) is 17.0. The Labute approximate surface area is 179 Å². The van der Waals surface area contributed by atoms with E-state index in [0.717, 1.165) is 28.0 Å². The Balaban J connectivity index is 1.54. The summed E-state index contributed by atoms with van der Waals surface area (Å²) in [6.45, 7) is 1.83. The molecule has 4 aromatic rings. The van der Waals surface area contributed by atoms with E-state index < -0.39 is 6.10 Å². The molecular weight excluding hydrogens is 390 g/mol. The maximum Gasteiger partial charge on any atom is 0.253 e. The molecule has 0 saturated heterocycles. The number of para-hydroxylation sites is 1. The van der Waals surface area contributed by atoms with Gasteiger partial charge in [-0.15, -0.1) is 0 Å². The highest BCUT2D eigenvalue weighted by Crippen LogP contribution is 2.26. The van der Waals surface area contributed by atoms with E-state index in [1.807, 2.05) is 60.7 Å². The van der Waals surface area contributed by atoms with Gasteiger partial charge in [-0.05, 0) is 61.5 Å². The van der Waals surface area contributed by atoms with Crippen LogP contribution in [0.4, 0.5) is 11.4 Å². The molecule has 1 atom stereocenters. The number of nitrogens with zero attached hydrogens (tertiary/aromatic N) is 2. The van der Waals surface area contributed by atoms with Gasteiger partial charge in [0.1, 0.15) is 0 Å². The number of amides is 1. The van der Waals surface area contributed by atoms with Gasteiger partial charge < -0.3 is 15.7 Å². The summed E-state index contributed by atoms with van der Waals surface area (Å²) in [5.41, 5.74) is 4.58. The van der Waals surface area contributed by atoms with Gasteiger partial charge in [-0.3, -0.25) is 14.9 Å². The molecule has 1 unspecified atom stereocenters. The largest absolute Gasteiger partial charge is 0.392 e. The molecule has 0 saturated carbocycles. The lowest BCUT2D eigenvalue weighted by Crippen LogP contribution is -2.30. The summed E-state index contributed by atoms with van der Waals surface area (Å²) in [5, 5.41) is 23.9. The van der Waals surface area contributed by atoms with Gasteiger partial charge in [0.15, 0.2) is 0 Å². The molecule has 2 heterocycles. The highest BCUT2D eigenvalue weighted by atomic mass is 16.3. The van der Waals surface area contributed by atoms with Gasteiger partial charge in [0.25, 0.3) is 5.91 Å². The third-order valence-corrected chi connectivity index (χ3v) is 4.70. The fraction of sp³-hybridized carbons (Fsp3) is 0.125. The lowest BCUT2D eigenvalue weighted by Gasteiger charge is -2.13. The van der Waals surface area contributed by atoms with E-state index in [0.29, 0.717) is 11.3 Å². The molecule has 31 heavy (non-hydrogen) atoms. The van der Waals surface area contributed by atoms with Crippen LogP contribution in [0.15, 0.2) is 66.9 Å². The predicted molar refractivity (Wildman–Crippen MR) is 123 cm³/mol. The lowest BCUT2D eigenvalue weighted by molar-refractivity contribution is 0.0925. The minimum atomic E-state index is -0.604. The molecule has 2 aromatic heterocycles. The number of carbonyl (C=O) groups excluding carboxylic acids is 1. The van der Waals surface area contributed by atoms with Crippen LogP contribution in [0.2, 0.25) is 0 Å². The quantitative estimate of drug-likeness (QED) is 0.367. The minimum absolute atomic E-state index is 0.196. The molecule has 0 aliphatic rings. The first-order valence-electron chi connectivity index (χ1n) is 10.00. The number of anilines is 2. The van der Waals surface area contributed by atoms with Crippen molar-refractivity contribution in [2.24, 2.45) is 0 Å². The molecule has 4 rings (SSSR count). The van der Waals surface area contributed by atoms with E-state index in [-0.39, 0.29) is 12.5 Å². The Hall–Kier alpha value is -3.97.